The van der Waals surface area contributed by atoms with Gasteiger partial charge in [-0.2, -0.15) is 0 Å². The molecular formula is C13H19N5. The van der Waals surface area contributed by atoms with Crippen molar-refractivity contribution in [2.75, 3.05) is 7.05 Å². The molecule has 0 fully saturated rings. The van der Waals surface area contributed by atoms with Crippen molar-refractivity contribution in [3.05, 3.63) is 41.0 Å². The lowest BCUT2D eigenvalue weighted by Crippen LogP contribution is -2.19. The van der Waals surface area contributed by atoms with Crippen LogP contribution in [0.5, 0.6) is 0 Å². The Morgan fingerprint density at radius 1 is 1.28 bits per heavy atom. The molecule has 2 aromatic rings. The van der Waals surface area contributed by atoms with Crippen molar-refractivity contribution in [1.29, 1.82) is 0 Å². The Morgan fingerprint density at radius 2 is 1.94 bits per heavy atom. The molecule has 1 atom stereocenters. The van der Waals surface area contributed by atoms with E-state index >= 15 is 0 Å². The molecule has 1 unspecified atom stereocenters. The largest absolute Gasteiger partial charge is 0.313 e. The molecule has 0 aliphatic heterocycles. The number of hydrogen-bond acceptors (Lipinski definition) is 4. The molecular weight excluding hydrogens is 226 g/mol. The predicted octanol–water partition coefficient (Wildman–Crippen LogP) is 1.33. The minimum absolute atomic E-state index is 0.238. The number of nitrogens with one attached hydrogen (secondary N) is 1. The van der Waals surface area contributed by atoms with Crippen LogP contribution in [0.3, 0.4) is 0 Å². The summed E-state index contributed by atoms with van der Waals surface area (Å²) in [6.07, 6.45) is 2.78. The highest BCUT2D eigenvalue weighted by Gasteiger charge is 2.13. The zero-order valence-corrected chi connectivity index (χ0v) is 11.3. The highest BCUT2D eigenvalue weighted by molar-refractivity contribution is 5.24. The second kappa shape index (κ2) is 5.27. The Labute approximate surface area is 107 Å². The van der Waals surface area contributed by atoms with Crippen LogP contribution in [-0.2, 0) is 13.5 Å². The molecule has 0 aliphatic rings. The average Bonchev–Trinajstić information content (AvgIpc) is 2.70. The van der Waals surface area contributed by atoms with Crippen LogP contribution in [0, 0.1) is 13.8 Å². The Balaban J connectivity index is 2.22. The van der Waals surface area contributed by atoms with Gasteiger partial charge in [-0.15, -0.1) is 5.10 Å². The topological polar surface area (TPSA) is 55.6 Å². The first-order valence-electron chi connectivity index (χ1n) is 6.06. The van der Waals surface area contributed by atoms with Gasteiger partial charge in [-0.1, -0.05) is 5.21 Å². The van der Waals surface area contributed by atoms with E-state index in [0.717, 1.165) is 23.5 Å². The number of aromatic nitrogens is 4. The van der Waals surface area contributed by atoms with Gasteiger partial charge in [-0.25, -0.2) is 0 Å². The van der Waals surface area contributed by atoms with Crippen molar-refractivity contribution in [1.82, 2.24) is 25.3 Å². The monoisotopic (exact) mass is 245 g/mol. The highest BCUT2D eigenvalue weighted by atomic mass is 15.4. The van der Waals surface area contributed by atoms with Crippen LogP contribution in [0.15, 0.2) is 18.3 Å². The molecule has 5 heteroatoms. The lowest BCUT2D eigenvalue weighted by Gasteiger charge is -2.16. The van der Waals surface area contributed by atoms with E-state index < -0.39 is 0 Å². The summed E-state index contributed by atoms with van der Waals surface area (Å²) >= 11 is 0. The summed E-state index contributed by atoms with van der Waals surface area (Å²) in [6.45, 7) is 4.04. The summed E-state index contributed by atoms with van der Waals surface area (Å²) in [4.78, 5) is 4.40. The van der Waals surface area contributed by atoms with Crippen molar-refractivity contribution >= 4 is 0 Å². The molecule has 0 amide bonds. The third-order valence-corrected chi connectivity index (χ3v) is 2.92. The van der Waals surface area contributed by atoms with Gasteiger partial charge in [-0.05, 0) is 38.6 Å². The number of likely N-dealkylation sites (N-methyl/N-ethyl adjacent to an activating group) is 1. The van der Waals surface area contributed by atoms with Crippen LogP contribution in [0.4, 0.5) is 0 Å². The van der Waals surface area contributed by atoms with Gasteiger partial charge in [0.2, 0.25) is 0 Å². The minimum Gasteiger partial charge on any atom is -0.313 e. The first-order chi connectivity index (χ1) is 8.58. The lowest BCUT2D eigenvalue weighted by atomic mass is 10.0. The van der Waals surface area contributed by atoms with Gasteiger partial charge in [0.05, 0.1) is 5.69 Å². The second-order valence-electron chi connectivity index (χ2n) is 4.61. The molecule has 0 saturated heterocycles. The number of hydrogen-bond donors (Lipinski definition) is 1. The maximum Gasteiger partial charge on any atom is 0.0845 e. The van der Waals surface area contributed by atoms with E-state index in [1.54, 1.807) is 4.68 Å². The standard InChI is InChI=1S/C13H19N5/c1-9-5-11(6-10(2)15-9)13(14-3)7-12-8-18(4)17-16-12/h5-6,8,13-14H,7H2,1-4H3. The second-order valence-corrected chi connectivity index (χ2v) is 4.61. The summed E-state index contributed by atoms with van der Waals surface area (Å²) in [5, 5.41) is 11.4. The van der Waals surface area contributed by atoms with Gasteiger partial charge in [0.1, 0.15) is 0 Å². The van der Waals surface area contributed by atoms with Crippen molar-refractivity contribution in [2.45, 2.75) is 26.3 Å². The van der Waals surface area contributed by atoms with E-state index in [4.69, 9.17) is 0 Å². The Hall–Kier alpha value is -1.75. The quantitative estimate of drug-likeness (QED) is 0.883. The van der Waals surface area contributed by atoms with E-state index in [-0.39, 0.29) is 6.04 Å². The summed E-state index contributed by atoms with van der Waals surface area (Å²) in [5.74, 6) is 0. The maximum atomic E-state index is 4.40. The first kappa shape index (κ1) is 12.7. The van der Waals surface area contributed by atoms with E-state index in [1.165, 1.54) is 5.56 Å². The number of aryl methyl sites for hydroxylation is 3. The fourth-order valence-electron chi connectivity index (χ4n) is 2.15. The first-order valence-corrected chi connectivity index (χ1v) is 6.06. The summed E-state index contributed by atoms with van der Waals surface area (Å²) in [5.41, 5.74) is 4.32. The molecule has 0 radical (unpaired) electrons. The number of nitrogens with zero attached hydrogens (tertiary/aromatic N) is 4. The third-order valence-electron chi connectivity index (χ3n) is 2.92. The molecule has 18 heavy (non-hydrogen) atoms. The van der Waals surface area contributed by atoms with Gasteiger partial charge in [0.15, 0.2) is 0 Å². The Bertz CT molecular complexity index is 512. The Kier molecular flexibility index (Phi) is 3.72. The van der Waals surface area contributed by atoms with Gasteiger partial charge in [0, 0.05) is 37.1 Å². The van der Waals surface area contributed by atoms with Crippen molar-refractivity contribution in [2.24, 2.45) is 7.05 Å². The van der Waals surface area contributed by atoms with E-state index in [9.17, 15) is 0 Å². The Morgan fingerprint density at radius 3 is 2.44 bits per heavy atom. The summed E-state index contributed by atoms with van der Waals surface area (Å²) in [7, 11) is 3.84. The van der Waals surface area contributed by atoms with Crippen LogP contribution in [0.25, 0.3) is 0 Å². The molecule has 96 valence electrons. The van der Waals surface area contributed by atoms with Crippen LogP contribution < -0.4 is 5.32 Å². The van der Waals surface area contributed by atoms with Gasteiger partial charge in [-0.3, -0.25) is 9.67 Å². The zero-order chi connectivity index (χ0) is 13.1. The summed E-state index contributed by atoms with van der Waals surface area (Å²) in [6, 6.07) is 4.47. The molecule has 2 rings (SSSR count). The van der Waals surface area contributed by atoms with Crippen LogP contribution in [0.1, 0.15) is 28.7 Å². The smallest absolute Gasteiger partial charge is 0.0845 e. The SMILES string of the molecule is CNC(Cc1cn(C)nn1)c1cc(C)nc(C)c1. The summed E-state index contributed by atoms with van der Waals surface area (Å²) < 4.78 is 1.73. The normalized spacial score (nSPS) is 12.7. The minimum atomic E-state index is 0.238. The maximum absolute atomic E-state index is 4.40. The van der Waals surface area contributed by atoms with Crippen LogP contribution >= 0.6 is 0 Å². The molecule has 0 aromatic carbocycles. The lowest BCUT2D eigenvalue weighted by molar-refractivity contribution is 0.581. The fourth-order valence-corrected chi connectivity index (χ4v) is 2.15. The van der Waals surface area contributed by atoms with E-state index in [2.05, 4.69) is 32.7 Å². The molecule has 1 N–H and O–H groups in total. The van der Waals surface area contributed by atoms with Crippen molar-refractivity contribution < 1.29 is 0 Å². The van der Waals surface area contributed by atoms with Gasteiger partial charge in [0.25, 0.3) is 0 Å². The molecule has 0 bridgehead atoms. The van der Waals surface area contributed by atoms with Crippen LogP contribution in [0.2, 0.25) is 0 Å². The number of rotatable bonds is 4. The molecule has 0 aliphatic carbocycles. The van der Waals surface area contributed by atoms with Crippen molar-refractivity contribution in [3.63, 3.8) is 0 Å². The molecule has 5 nitrogen and oxygen atoms in total. The molecule has 2 aromatic heterocycles. The predicted molar refractivity (Wildman–Crippen MR) is 70.2 cm³/mol. The van der Waals surface area contributed by atoms with E-state index in [1.807, 2.05) is 34.1 Å². The molecule has 2 heterocycles. The average molecular weight is 245 g/mol. The third kappa shape index (κ3) is 2.92. The van der Waals surface area contributed by atoms with Crippen LogP contribution in [-0.4, -0.2) is 27.0 Å². The van der Waals surface area contributed by atoms with Gasteiger partial charge < -0.3 is 5.32 Å². The van der Waals surface area contributed by atoms with E-state index in [0.29, 0.717) is 0 Å². The molecule has 0 spiro atoms. The fraction of sp³-hybridized carbons (Fsp3) is 0.462. The molecule has 0 saturated carbocycles. The highest BCUT2D eigenvalue weighted by Crippen LogP contribution is 2.18. The van der Waals surface area contributed by atoms with Crippen molar-refractivity contribution in [3.8, 4) is 0 Å². The zero-order valence-electron chi connectivity index (χ0n) is 11.3. The van der Waals surface area contributed by atoms with Gasteiger partial charge >= 0.3 is 0 Å². The number of pyridine rings is 1.